The first-order valence-electron chi connectivity index (χ1n) is 5.01. The van der Waals surface area contributed by atoms with Crippen molar-refractivity contribution in [3.8, 4) is 5.75 Å². The van der Waals surface area contributed by atoms with Crippen LogP contribution >= 0.6 is 11.8 Å². The number of aromatic hydroxyl groups is 1. The average molecular weight is 252 g/mol. The monoisotopic (exact) mass is 252 g/mol. The summed E-state index contributed by atoms with van der Waals surface area (Å²) in [5, 5.41) is 9.10. The summed E-state index contributed by atoms with van der Waals surface area (Å²) >= 11 is 1.39. The summed E-state index contributed by atoms with van der Waals surface area (Å²) in [6.07, 6.45) is 0. The third kappa shape index (κ3) is 2.97. The quantitative estimate of drug-likeness (QED) is 0.834. The van der Waals surface area contributed by atoms with Gasteiger partial charge in [-0.05, 0) is 30.3 Å². The fourth-order valence-electron chi connectivity index (χ4n) is 1.36. The molecule has 0 saturated heterocycles. The maximum atomic E-state index is 13.3. The number of phenols is 1. The minimum Gasteiger partial charge on any atom is -0.508 e. The maximum absolute atomic E-state index is 13.3. The molecule has 1 N–H and O–H groups in total. The van der Waals surface area contributed by atoms with E-state index >= 15 is 0 Å². The highest BCUT2D eigenvalue weighted by molar-refractivity contribution is 7.98. The molecule has 0 bridgehead atoms. The number of phenolic OH excluding ortho intramolecular Hbond substituents is 1. The number of halogens is 2. The number of hydrogen-bond acceptors (Lipinski definition) is 2. The van der Waals surface area contributed by atoms with Crippen LogP contribution in [0.1, 0.15) is 5.56 Å². The molecule has 0 aliphatic carbocycles. The molecule has 88 valence electrons. The first kappa shape index (κ1) is 11.9. The van der Waals surface area contributed by atoms with Crippen molar-refractivity contribution in [2.45, 2.75) is 10.6 Å². The Labute approximate surface area is 102 Å². The summed E-state index contributed by atoms with van der Waals surface area (Å²) in [5.41, 5.74) is 0.336. The van der Waals surface area contributed by atoms with Gasteiger partial charge in [0.25, 0.3) is 0 Å². The molecule has 0 amide bonds. The summed E-state index contributed by atoms with van der Waals surface area (Å²) in [4.78, 5) is 0.895. The highest BCUT2D eigenvalue weighted by Gasteiger charge is 2.07. The van der Waals surface area contributed by atoms with E-state index in [1.165, 1.54) is 17.8 Å². The van der Waals surface area contributed by atoms with Gasteiger partial charge in [-0.1, -0.05) is 12.1 Å². The molecule has 0 atom stereocenters. The minimum atomic E-state index is -0.825. The average Bonchev–Trinajstić information content (AvgIpc) is 2.33. The van der Waals surface area contributed by atoms with Gasteiger partial charge in [0, 0.05) is 16.2 Å². The Bertz CT molecular complexity index is 511. The van der Waals surface area contributed by atoms with Crippen LogP contribution in [0.25, 0.3) is 0 Å². The van der Waals surface area contributed by atoms with E-state index in [0.717, 1.165) is 11.0 Å². The molecule has 0 radical (unpaired) electrons. The molecule has 17 heavy (non-hydrogen) atoms. The summed E-state index contributed by atoms with van der Waals surface area (Å²) in [6.45, 7) is 0. The Balaban J connectivity index is 2.07. The molecule has 0 aliphatic rings. The molecule has 4 heteroatoms. The second kappa shape index (κ2) is 5.19. The van der Waals surface area contributed by atoms with Gasteiger partial charge in [0.05, 0.1) is 0 Å². The normalized spacial score (nSPS) is 10.5. The van der Waals surface area contributed by atoms with Crippen LogP contribution in [-0.2, 0) is 5.75 Å². The van der Waals surface area contributed by atoms with E-state index in [1.807, 2.05) is 0 Å². The van der Waals surface area contributed by atoms with Gasteiger partial charge in [-0.25, -0.2) is 8.78 Å². The molecule has 0 fully saturated rings. The van der Waals surface area contributed by atoms with E-state index < -0.39 is 11.6 Å². The summed E-state index contributed by atoms with van der Waals surface area (Å²) in [7, 11) is 0. The van der Waals surface area contributed by atoms with E-state index in [2.05, 4.69) is 0 Å². The fourth-order valence-corrected chi connectivity index (χ4v) is 2.24. The molecular formula is C13H10F2OS. The molecule has 1 nitrogen and oxygen atoms in total. The van der Waals surface area contributed by atoms with Crippen LogP contribution in [-0.4, -0.2) is 5.11 Å². The van der Waals surface area contributed by atoms with E-state index in [1.54, 1.807) is 30.3 Å². The minimum absolute atomic E-state index is 0.186. The zero-order valence-corrected chi connectivity index (χ0v) is 9.68. The summed E-state index contributed by atoms with van der Waals surface area (Å²) in [6, 6.07) is 10.7. The Morgan fingerprint density at radius 2 is 1.71 bits per heavy atom. The SMILES string of the molecule is Oc1ccc(SCc2cccc(F)c2F)cc1. The van der Waals surface area contributed by atoms with Crippen molar-refractivity contribution in [3.63, 3.8) is 0 Å². The van der Waals surface area contributed by atoms with E-state index in [4.69, 9.17) is 5.11 Å². The van der Waals surface area contributed by atoms with Gasteiger partial charge < -0.3 is 5.11 Å². The molecule has 0 unspecified atom stereocenters. The van der Waals surface area contributed by atoms with Crippen LogP contribution in [0, 0.1) is 11.6 Å². The molecule has 2 aromatic rings. The third-order valence-electron chi connectivity index (χ3n) is 2.26. The highest BCUT2D eigenvalue weighted by atomic mass is 32.2. The standard InChI is InChI=1S/C13H10F2OS/c14-12-3-1-2-9(13(12)15)8-17-11-6-4-10(16)5-7-11/h1-7,16H,8H2. The lowest BCUT2D eigenvalue weighted by molar-refractivity contribution is 0.475. The maximum Gasteiger partial charge on any atom is 0.162 e. The van der Waals surface area contributed by atoms with Crippen molar-refractivity contribution in [2.24, 2.45) is 0 Å². The molecule has 2 aromatic carbocycles. The molecule has 0 spiro atoms. The van der Waals surface area contributed by atoms with Gasteiger partial charge in [-0.2, -0.15) is 0 Å². The van der Waals surface area contributed by atoms with Crippen LogP contribution in [0.5, 0.6) is 5.75 Å². The first-order chi connectivity index (χ1) is 8.16. The fraction of sp³-hybridized carbons (Fsp3) is 0.0769. The number of thioether (sulfide) groups is 1. The van der Waals surface area contributed by atoms with Crippen molar-refractivity contribution in [2.75, 3.05) is 0 Å². The van der Waals surface area contributed by atoms with E-state index in [-0.39, 0.29) is 5.75 Å². The smallest absolute Gasteiger partial charge is 0.162 e. The second-order valence-electron chi connectivity index (χ2n) is 3.50. The molecule has 0 heterocycles. The zero-order valence-electron chi connectivity index (χ0n) is 8.86. The van der Waals surface area contributed by atoms with Crippen LogP contribution in [0.2, 0.25) is 0 Å². The highest BCUT2D eigenvalue weighted by Crippen LogP contribution is 2.26. The van der Waals surface area contributed by atoms with Crippen molar-refractivity contribution in [1.82, 2.24) is 0 Å². The summed E-state index contributed by atoms with van der Waals surface area (Å²) in [5.74, 6) is -1.08. The molecule has 2 rings (SSSR count). The Hall–Kier alpha value is -1.55. The van der Waals surface area contributed by atoms with E-state index in [0.29, 0.717) is 11.3 Å². The van der Waals surface area contributed by atoms with Gasteiger partial charge >= 0.3 is 0 Å². The van der Waals surface area contributed by atoms with Gasteiger partial charge in [0.2, 0.25) is 0 Å². The molecular weight excluding hydrogens is 242 g/mol. The van der Waals surface area contributed by atoms with Crippen LogP contribution < -0.4 is 0 Å². The topological polar surface area (TPSA) is 20.2 Å². The lowest BCUT2D eigenvalue weighted by Crippen LogP contribution is -1.91. The van der Waals surface area contributed by atoms with Gasteiger partial charge in [0.15, 0.2) is 11.6 Å². The molecule has 0 aliphatic heterocycles. The Morgan fingerprint density at radius 3 is 2.41 bits per heavy atom. The Morgan fingerprint density at radius 1 is 1.00 bits per heavy atom. The van der Waals surface area contributed by atoms with Crippen molar-refractivity contribution in [1.29, 1.82) is 0 Å². The largest absolute Gasteiger partial charge is 0.508 e. The first-order valence-corrected chi connectivity index (χ1v) is 6.00. The second-order valence-corrected chi connectivity index (χ2v) is 4.54. The lowest BCUT2D eigenvalue weighted by atomic mass is 10.2. The number of hydrogen-bond donors (Lipinski definition) is 1. The predicted molar refractivity (Wildman–Crippen MR) is 64.0 cm³/mol. The van der Waals surface area contributed by atoms with Crippen molar-refractivity contribution >= 4 is 11.8 Å². The molecule has 0 saturated carbocycles. The Kier molecular flexibility index (Phi) is 3.64. The van der Waals surface area contributed by atoms with Crippen LogP contribution in [0.3, 0.4) is 0 Å². The van der Waals surface area contributed by atoms with Gasteiger partial charge in [0.1, 0.15) is 5.75 Å². The van der Waals surface area contributed by atoms with Crippen LogP contribution in [0.4, 0.5) is 8.78 Å². The lowest BCUT2D eigenvalue weighted by Gasteiger charge is -2.04. The van der Waals surface area contributed by atoms with Gasteiger partial charge in [-0.3, -0.25) is 0 Å². The van der Waals surface area contributed by atoms with Crippen LogP contribution in [0.15, 0.2) is 47.4 Å². The van der Waals surface area contributed by atoms with Crippen molar-refractivity contribution < 1.29 is 13.9 Å². The summed E-state index contributed by atoms with van der Waals surface area (Å²) < 4.78 is 26.3. The van der Waals surface area contributed by atoms with E-state index in [9.17, 15) is 8.78 Å². The third-order valence-corrected chi connectivity index (χ3v) is 3.32. The predicted octanol–water partition coefficient (Wildman–Crippen LogP) is 3.96. The zero-order chi connectivity index (χ0) is 12.3. The molecule has 0 aromatic heterocycles. The number of rotatable bonds is 3. The van der Waals surface area contributed by atoms with Gasteiger partial charge in [-0.15, -0.1) is 11.8 Å². The van der Waals surface area contributed by atoms with Crippen molar-refractivity contribution in [3.05, 3.63) is 59.7 Å². The number of benzene rings is 2.